The lowest BCUT2D eigenvalue weighted by atomic mass is 10.0. The third-order valence-electron chi connectivity index (χ3n) is 3.39. The second-order valence-electron chi connectivity index (χ2n) is 6.75. The van der Waals surface area contributed by atoms with E-state index in [9.17, 15) is 9.59 Å². The molecule has 0 heterocycles. The van der Waals surface area contributed by atoms with Crippen LogP contribution < -0.4 is 10.1 Å². The third kappa shape index (κ3) is 6.41. The molecule has 6 heteroatoms. The van der Waals surface area contributed by atoms with Gasteiger partial charge in [0.15, 0.2) is 0 Å². The molecule has 0 radical (unpaired) electrons. The van der Waals surface area contributed by atoms with Crippen molar-refractivity contribution in [3.8, 4) is 11.5 Å². The van der Waals surface area contributed by atoms with Gasteiger partial charge in [0, 0.05) is 11.6 Å². The summed E-state index contributed by atoms with van der Waals surface area (Å²) in [6.07, 6.45) is 0.249. The number of carbonyl (C=O) groups excluding carboxylic acids is 2. The van der Waals surface area contributed by atoms with Gasteiger partial charge in [-0.15, -0.1) is 0 Å². The van der Waals surface area contributed by atoms with E-state index in [1.165, 1.54) is 0 Å². The number of amides is 1. The second kappa shape index (κ2) is 8.72. The molecule has 26 heavy (non-hydrogen) atoms. The fourth-order valence-electron chi connectivity index (χ4n) is 2.17. The molecule has 1 atom stereocenters. The normalized spacial score (nSPS) is 12.2. The van der Waals surface area contributed by atoms with Gasteiger partial charge in [0.2, 0.25) is 0 Å². The molecule has 0 saturated carbocycles. The first-order chi connectivity index (χ1) is 12.3. The van der Waals surface area contributed by atoms with Crippen molar-refractivity contribution in [2.24, 2.45) is 0 Å². The molecule has 1 amide bonds. The van der Waals surface area contributed by atoms with E-state index < -0.39 is 17.6 Å². The van der Waals surface area contributed by atoms with Crippen molar-refractivity contribution in [1.82, 2.24) is 5.32 Å². The first-order valence-corrected chi connectivity index (χ1v) is 8.60. The van der Waals surface area contributed by atoms with Gasteiger partial charge in [-0.25, -0.2) is 4.79 Å². The first-order valence-electron chi connectivity index (χ1n) is 8.22. The van der Waals surface area contributed by atoms with Gasteiger partial charge in [-0.05, 0) is 62.7 Å². The summed E-state index contributed by atoms with van der Waals surface area (Å²) >= 11 is 5.85. The first kappa shape index (κ1) is 19.8. The fourth-order valence-corrected chi connectivity index (χ4v) is 2.30. The number of nitrogens with one attached hydrogen (secondary N) is 1. The highest BCUT2D eigenvalue weighted by Gasteiger charge is 2.18. The Morgan fingerprint density at radius 2 is 1.62 bits per heavy atom. The number of aldehydes is 1. The van der Waals surface area contributed by atoms with Crippen molar-refractivity contribution in [3.63, 3.8) is 0 Å². The maximum absolute atomic E-state index is 11.7. The number of rotatable bonds is 6. The number of hydrogen-bond donors (Lipinski definition) is 1. The van der Waals surface area contributed by atoms with Gasteiger partial charge in [0.25, 0.3) is 0 Å². The summed E-state index contributed by atoms with van der Waals surface area (Å²) in [4.78, 5) is 23.1. The average Bonchev–Trinajstić information content (AvgIpc) is 2.57. The molecule has 138 valence electrons. The van der Waals surface area contributed by atoms with Crippen molar-refractivity contribution in [3.05, 3.63) is 59.1 Å². The van der Waals surface area contributed by atoms with Crippen LogP contribution in [0.4, 0.5) is 4.79 Å². The molecular formula is C20H22ClNO4. The quantitative estimate of drug-likeness (QED) is 0.726. The van der Waals surface area contributed by atoms with Gasteiger partial charge >= 0.3 is 6.09 Å². The minimum atomic E-state index is -0.582. The van der Waals surface area contributed by atoms with E-state index >= 15 is 0 Å². The number of hydrogen-bond acceptors (Lipinski definition) is 4. The molecule has 2 rings (SSSR count). The summed E-state index contributed by atoms with van der Waals surface area (Å²) in [5.74, 6) is 0.841. The maximum atomic E-state index is 11.7. The van der Waals surface area contributed by atoms with Crippen molar-refractivity contribution in [2.75, 3.05) is 6.54 Å². The van der Waals surface area contributed by atoms with Gasteiger partial charge in [0.05, 0.1) is 5.92 Å². The summed E-state index contributed by atoms with van der Waals surface area (Å²) in [5.41, 5.74) is 0.195. The van der Waals surface area contributed by atoms with Gasteiger partial charge in [-0.1, -0.05) is 23.7 Å². The molecule has 0 saturated heterocycles. The Labute approximate surface area is 158 Å². The topological polar surface area (TPSA) is 64.6 Å². The zero-order valence-electron chi connectivity index (χ0n) is 15.0. The highest BCUT2D eigenvalue weighted by atomic mass is 35.5. The van der Waals surface area contributed by atoms with Crippen LogP contribution >= 0.6 is 11.6 Å². The zero-order chi connectivity index (χ0) is 19.2. The van der Waals surface area contributed by atoms with Crippen LogP contribution in [0.1, 0.15) is 32.3 Å². The Kier molecular flexibility index (Phi) is 6.64. The smallest absolute Gasteiger partial charge is 0.407 e. The van der Waals surface area contributed by atoms with Crippen LogP contribution in [0.5, 0.6) is 11.5 Å². The average molecular weight is 376 g/mol. The number of benzene rings is 2. The van der Waals surface area contributed by atoms with Crippen LogP contribution in [0.15, 0.2) is 48.5 Å². The Bertz CT molecular complexity index is 736. The molecule has 1 N–H and O–H groups in total. The van der Waals surface area contributed by atoms with Gasteiger partial charge < -0.3 is 19.6 Å². The van der Waals surface area contributed by atoms with Crippen LogP contribution in [0.3, 0.4) is 0 Å². The van der Waals surface area contributed by atoms with Crippen LogP contribution in [0.2, 0.25) is 5.02 Å². The Hall–Kier alpha value is -2.53. The lowest BCUT2D eigenvalue weighted by molar-refractivity contribution is -0.109. The SMILES string of the molecule is CC(C)(C)OC(=O)NC[C@H](C=O)c1ccc(Oc2ccc(Cl)cc2)cc1. The van der Waals surface area contributed by atoms with Crippen LogP contribution in [0, 0.1) is 0 Å². The standard InChI is InChI=1S/C20H22ClNO4/c1-20(2,3)26-19(24)22-12-15(13-23)14-4-8-17(9-5-14)25-18-10-6-16(21)7-11-18/h4-11,13,15H,12H2,1-3H3,(H,22,24)/t15-/m1/s1. The minimum Gasteiger partial charge on any atom is -0.457 e. The second-order valence-corrected chi connectivity index (χ2v) is 7.19. The van der Waals surface area contributed by atoms with E-state index in [-0.39, 0.29) is 6.54 Å². The molecule has 0 aromatic heterocycles. The lowest BCUT2D eigenvalue weighted by Crippen LogP contribution is -2.35. The highest BCUT2D eigenvalue weighted by Crippen LogP contribution is 2.24. The van der Waals surface area contributed by atoms with Crippen LogP contribution in [0.25, 0.3) is 0 Å². The third-order valence-corrected chi connectivity index (χ3v) is 3.64. The summed E-state index contributed by atoms with van der Waals surface area (Å²) in [5, 5.41) is 3.25. The fraction of sp³-hybridized carbons (Fsp3) is 0.300. The Morgan fingerprint density at radius 3 is 2.12 bits per heavy atom. The van der Waals surface area contributed by atoms with Crippen LogP contribution in [-0.2, 0) is 9.53 Å². The zero-order valence-corrected chi connectivity index (χ0v) is 15.7. The molecule has 5 nitrogen and oxygen atoms in total. The van der Waals surface area contributed by atoms with E-state index in [0.29, 0.717) is 16.5 Å². The summed E-state index contributed by atoms with van der Waals surface area (Å²) in [6.45, 7) is 5.51. The molecule has 0 spiro atoms. The van der Waals surface area contributed by atoms with E-state index in [1.807, 2.05) is 0 Å². The molecular weight excluding hydrogens is 354 g/mol. The number of halogens is 1. The Morgan fingerprint density at radius 1 is 1.08 bits per heavy atom. The molecule has 0 aliphatic heterocycles. The predicted molar refractivity (Wildman–Crippen MR) is 101 cm³/mol. The maximum Gasteiger partial charge on any atom is 0.407 e. The van der Waals surface area contributed by atoms with E-state index in [2.05, 4.69) is 5.32 Å². The summed E-state index contributed by atoms with van der Waals surface area (Å²) in [6, 6.07) is 14.2. The van der Waals surface area contributed by atoms with E-state index in [0.717, 1.165) is 11.8 Å². The van der Waals surface area contributed by atoms with Gasteiger partial charge in [-0.3, -0.25) is 0 Å². The predicted octanol–water partition coefficient (Wildman–Crippen LogP) is 4.94. The molecule has 0 unspecified atom stereocenters. The number of alkyl carbamates (subject to hydrolysis) is 1. The molecule has 0 bridgehead atoms. The molecule has 0 aliphatic carbocycles. The van der Waals surface area contributed by atoms with Crippen molar-refractivity contribution in [2.45, 2.75) is 32.3 Å². The molecule has 2 aromatic carbocycles. The largest absolute Gasteiger partial charge is 0.457 e. The summed E-state index contributed by atoms with van der Waals surface area (Å²) < 4.78 is 10.9. The summed E-state index contributed by atoms with van der Waals surface area (Å²) in [7, 11) is 0. The monoisotopic (exact) mass is 375 g/mol. The van der Waals surface area contributed by atoms with Gasteiger partial charge in [-0.2, -0.15) is 0 Å². The van der Waals surface area contributed by atoms with Crippen molar-refractivity contribution >= 4 is 24.0 Å². The Balaban J connectivity index is 1.95. The van der Waals surface area contributed by atoms with E-state index in [1.54, 1.807) is 69.3 Å². The molecule has 2 aromatic rings. The van der Waals surface area contributed by atoms with Crippen molar-refractivity contribution < 1.29 is 19.1 Å². The number of ether oxygens (including phenoxy) is 2. The molecule has 0 aliphatic rings. The van der Waals surface area contributed by atoms with Gasteiger partial charge in [0.1, 0.15) is 23.4 Å². The van der Waals surface area contributed by atoms with Crippen molar-refractivity contribution in [1.29, 1.82) is 0 Å². The number of carbonyl (C=O) groups is 2. The minimum absolute atomic E-state index is 0.163. The molecule has 0 fully saturated rings. The lowest BCUT2D eigenvalue weighted by Gasteiger charge is -2.20. The highest BCUT2D eigenvalue weighted by molar-refractivity contribution is 6.30. The van der Waals surface area contributed by atoms with Crippen LogP contribution in [-0.4, -0.2) is 24.5 Å². The van der Waals surface area contributed by atoms with E-state index in [4.69, 9.17) is 21.1 Å².